The number of hydrogen-bond donors (Lipinski definition) is 1. The molecule has 18 heavy (non-hydrogen) atoms. The number of nitrogens with one attached hydrogen (secondary N) is 1. The molecule has 0 spiro atoms. The highest BCUT2D eigenvalue weighted by atomic mass is 32.2. The Labute approximate surface area is 118 Å². The Morgan fingerprint density at radius 2 is 2.39 bits per heavy atom. The van der Waals surface area contributed by atoms with E-state index in [-0.39, 0.29) is 5.91 Å². The van der Waals surface area contributed by atoms with Crippen LogP contribution in [0.25, 0.3) is 0 Å². The lowest BCUT2D eigenvalue weighted by Gasteiger charge is -1.96. The summed E-state index contributed by atoms with van der Waals surface area (Å²) in [6, 6.07) is 3.64. The summed E-state index contributed by atoms with van der Waals surface area (Å²) in [7, 11) is 0. The van der Waals surface area contributed by atoms with Crippen molar-refractivity contribution in [3.8, 4) is 0 Å². The molecule has 0 unspecified atom stereocenters. The van der Waals surface area contributed by atoms with E-state index in [1.807, 2.05) is 11.4 Å². The molecule has 0 saturated carbocycles. The first kappa shape index (κ1) is 13.5. The van der Waals surface area contributed by atoms with Gasteiger partial charge < -0.3 is 0 Å². The maximum Gasteiger partial charge on any atom is 0.267 e. The number of carbonyl (C=O) groups excluding carboxylic acids is 1. The van der Waals surface area contributed by atoms with Crippen LogP contribution in [0.15, 0.2) is 21.9 Å². The van der Waals surface area contributed by atoms with E-state index < -0.39 is 0 Å². The molecule has 1 amide bonds. The highest BCUT2D eigenvalue weighted by molar-refractivity contribution is 8.01. The first-order chi connectivity index (χ1) is 8.79. The third-order valence-electron chi connectivity index (χ3n) is 2.10. The number of anilines is 1. The molecule has 96 valence electrons. The minimum Gasteiger partial charge on any atom is -0.296 e. The molecule has 1 N–H and O–H groups in total. The lowest BCUT2D eigenvalue weighted by Crippen LogP contribution is -2.09. The van der Waals surface area contributed by atoms with Crippen molar-refractivity contribution >= 4 is 45.5 Å². The lowest BCUT2D eigenvalue weighted by atomic mass is 10.4. The van der Waals surface area contributed by atoms with Crippen LogP contribution in [0.5, 0.6) is 0 Å². The molecule has 2 aromatic heterocycles. The van der Waals surface area contributed by atoms with Crippen molar-refractivity contribution < 1.29 is 4.79 Å². The SMILES string of the molecule is CCCCSc1nnc(NC(=O)c2cccs2)s1. The van der Waals surface area contributed by atoms with E-state index >= 15 is 0 Å². The molecule has 0 radical (unpaired) electrons. The van der Waals surface area contributed by atoms with Gasteiger partial charge in [0.1, 0.15) is 0 Å². The molecule has 0 fully saturated rings. The monoisotopic (exact) mass is 299 g/mol. The predicted octanol–water partition coefficient (Wildman–Crippen LogP) is 3.74. The maximum atomic E-state index is 11.8. The molecule has 2 heterocycles. The summed E-state index contributed by atoms with van der Waals surface area (Å²) in [6.45, 7) is 2.16. The van der Waals surface area contributed by atoms with Crippen molar-refractivity contribution in [2.75, 3.05) is 11.1 Å². The van der Waals surface area contributed by atoms with Gasteiger partial charge in [0, 0.05) is 5.75 Å². The zero-order valence-electron chi connectivity index (χ0n) is 9.88. The van der Waals surface area contributed by atoms with Crippen LogP contribution in [0.3, 0.4) is 0 Å². The number of thioether (sulfide) groups is 1. The largest absolute Gasteiger partial charge is 0.296 e. The Morgan fingerprint density at radius 3 is 3.11 bits per heavy atom. The van der Waals surface area contributed by atoms with Gasteiger partial charge in [-0.2, -0.15) is 0 Å². The Kier molecular flexibility index (Phi) is 5.15. The summed E-state index contributed by atoms with van der Waals surface area (Å²) >= 11 is 4.52. The number of carbonyl (C=O) groups is 1. The van der Waals surface area contributed by atoms with Crippen LogP contribution in [0.2, 0.25) is 0 Å². The minimum absolute atomic E-state index is 0.119. The first-order valence-electron chi connectivity index (χ1n) is 5.60. The molecule has 4 nitrogen and oxygen atoms in total. The highest BCUT2D eigenvalue weighted by Crippen LogP contribution is 2.26. The molecule has 0 aliphatic heterocycles. The van der Waals surface area contributed by atoms with Crippen LogP contribution in [0.1, 0.15) is 29.4 Å². The van der Waals surface area contributed by atoms with E-state index in [0.29, 0.717) is 10.0 Å². The summed E-state index contributed by atoms with van der Waals surface area (Å²) in [6.07, 6.45) is 2.34. The molecule has 2 aromatic rings. The van der Waals surface area contributed by atoms with Crippen molar-refractivity contribution in [3.05, 3.63) is 22.4 Å². The van der Waals surface area contributed by atoms with Crippen molar-refractivity contribution in [2.45, 2.75) is 24.1 Å². The molecular weight excluding hydrogens is 286 g/mol. The van der Waals surface area contributed by atoms with E-state index in [4.69, 9.17) is 0 Å². The second-order valence-corrected chi connectivity index (χ2v) is 6.77. The number of nitrogens with zero attached hydrogens (tertiary/aromatic N) is 2. The predicted molar refractivity (Wildman–Crippen MR) is 77.8 cm³/mol. The van der Waals surface area contributed by atoms with Gasteiger partial charge in [0.25, 0.3) is 5.91 Å². The zero-order valence-corrected chi connectivity index (χ0v) is 12.3. The number of aromatic nitrogens is 2. The third-order valence-corrected chi connectivity index (χ3v) is 5.02. The summed E-state index contributed by atoms with van der Waals surface area (Å²) in [4.78, 5) is 12.5. The molecule has 0 aliphatic carbocycles. The fourth-order valence-corrected chi connectivity index (χ4v) is 3.71. The van der Waals surface area contributed by atoms with Crippen LogP contribution >= 0.6 is 34.4 Å². The molecule has 0 bridgehead atoms. The van der Waals surface area contributed by atoms with Gasteiger partial charge in [-0.15, -0.1) is 21.5 Å². The standard InChI is InChI=1S/C11H13N3OS3/c1-2-3-6-17-11-14-13-10(18-11)12-9(15)8-5-4-7-16-8/h4-5,7H,2-3,6H2,1H3,(H,12,13,15). The molecule has 0 aliphatic rings. The van der Waals surface area contributed by atoms with Gasteiger partial charge in [-0.25, -0.2) is 0 Å². The Morgan fingerprint density at radius 1 is 1.50 bits per heavy atom. The second-order valence-electron chi connectivity index (χ2n) is 3.51. The summed E-state index contributed by atoms with van der Waals surface area (Å²) in [5.41, 5.74) is 0. The van der Waals surface area contributed by atoms with Crippen LogP contribution in [0.4, 0.5) is 5.13 Å². The van der Waals surface area contributed by atoms with E-state index in [9.17, 15) is 4.79 Å². The van der Waals surface area contributed by atoms with Crippen molar-refractivity contribution in [1.82, 2.24) is 10.2 Å². The Bertz CT molecular complexity index is 495. The summed E-state index contributed by atoms with van der Waals surface area (Å²) < 4.78 is 0.907. The Balaban J connectivity index is 1.88. The molecule has 0 saturated heterocycles. The molecule has 7 heteroatoms. The minimum atomic E-state index is -0.119. The average molecular weight is 299 g/mol. The van der Waals surface area contributed by atoms with Gasteiger partial charge in [-0.1, -0.05) is 42.5 Å². The fourth-order valence-electron chi connectivity index (χ4n) is 1.19. The quantitative estimate of drug-likeness (QED) is 0.501. The van der Waals surface area contributed by atoms with Gasteiger partial charge >= 0.3 is 0 Å². The molecule has 0 atom stereocenters. The highest BCUT2D eigenvalue weighted by Gasteiger charge is 2.10. The van der Waals surface area contributed by atoms with Gasteiger partial charge in [0.05, 0.1) is 4.88 Å². The second kappa shape index (κ2) is 6.86. The molecular formula is C11H13N3OS3. The number of unbranched alkanes of at least 4 members (excludes halogenated alkanes) is 1. The number of hydrogen-bond acceptors (Lipinski definition) is 6. The van der Waals surface area contributed by atoms with E-state index in [1.54, 1.807) is 17.8 Å². The molecule has 0 aromatic carbocycles. The van der Waals surface area contributed by atoms with Crippen LogP contribution < -0.4 is 5.32 Å². The van der Waals surface area contributed by atoms with Crippen LogP contribution in [-0.2, 0) is 0 Å². The maximum absolute atomic E-state index is 11.8. The lowest BCUT2D eigenvalue weighted by molar-refractivity contribution is 0.103. The van der Waals surface area contributed by atoms with Crippen molar-refractivity contribution in [3.63, 3.8) is 0 Å². The number of thiophene rings is 1. The average Bonchev–Trinajstić information content (AvgIpc) is 3.00. The normalized spacial score (nSPS) is 10.5. The summed E-state index contributed by atoms with van der Waals surface area (Å²) in [5.74, 6) is 0.926. The first-order valence-corrected chi connectivity index (χ1v) is 8.29. The third kappa shape index (κ3) is 3.79. The van der Waals surface area contributed by atoms with Crippen LogP contribution in [-0.4, -0.2) is 21.9 Å². The van der Waals surface area contributed by atoms with E-state index in [2.05, 4.69) is 22.4 Å². The molecule has 2 rings (SSSR count). The Hall–Kier alpha value is -0.920. The zero-order chi connectivity index (χ0) is 12.8. The van der Waals surface area contributed by atoms with Crippen molar-refractivity contribution in [1.29, 1.82) is 0 Å². The smallest absolute Gasteiger partial charge is 0.267 e. The topological polar surface area (TPSA) is 54.9 Å². The number of amides is 1. The van der Waals surface area contributed by atoms with Gasteiger partial charge in [-0.05, 0) is 17.9 Å². The fraction of sp³-hybridized carbons (Fsp3) is 0.364. The van der Waals surface area contributed by atoms with Gasteiger partial charge in [0.15, 0.2) is 4.34 Å². The number of rotatable bonds is 6. The van der Waals surface area contributed by atoms with E-state index in [0.717, 1.165) is 10.1 Å². The van der Waals surface area contributed by atoms with Gasteiger partial charge in [0.2, 0.25) is 5.13 Å². The summed E-state index contributed by atoms with van der Waals surface area (Å²) in [5, 5.41) is 13.2. The van der Waals surface area contributed by atoms with Crippen molar-refractivity contribution in [2.24, 2.45) is 0 Å². The van der Waals surface area contributed by atoms with Gasteiger partial charge in [-0.3, -0.25) is 10.1 Å². The van der Waals surface area contributed by atoms with Crippen LogP contribution in [0, 0.1) is 0 Å². The van der Waals surface area contributed by atoms with E-state index in [1.165, 1.54) is 35.5 Å².